The van der Waals surface area contributed by atoms with E-state index in [0.29, 0.717) is 17.8 Å². The lowest BCUT2D eigenvalue weighted by Gasteiger charge is -2.34. The van der Waals surface area contributed by atoms with Crippen molar-refractivity contribution in [2.75, 3.05) is 38.0 Å². The molecular formula is C23H30N4O2S. The first-order chi connectivity index (χ1) is 14.7. The number of anilines is 1. The number of rotatable bonds is 7. The Balaban J connectivity index is 1.26. The second-order valence-electron chi connectivity index (χ2n) is 8.23. The summed E-state index contributed by atoms with van der Waals surface area (Å²) in [7, 11) is 0. The number of nitrogens with one attached hydrogen (secondary N) is 2. The quantitative estimate of drug-likeness (QED) is 0.714. The first-order valence-corrected chi connectivity index (χ1v) is 11.8. The van der Waals surface area contributed by atoms with Crippen molar-refractivity contribution in [3.63, 3.8) is 0 Å². The summed E-state index contributed by atoms with van der Waals surface area (Å²) in [6.45, 7) is 5.01. The highest BCUT2D eigenvalue weighted by atomic mass is 32.1. The molecule has 6 nitrogen and oxygen atoms in total. The zero-order chi connectivity index (χ0) is 20.8. The van der Waals surface area contributed by atoms with E-state index in [1.165, 1.54) is 18.4 Å². The maximum absolute atomic E-state index is 12.7. The van der Waals surface area contributed by atoms with Gasteiger partial charge in [-0.1, -0.05) is 25.0 Å². The van der Waals surface area contributed by atoms with Crippen LogP contribution in [0.5, 0.6) is 0 Å². The van der Waals surface area contributed by atoms with Gasteiger partial charge in [0.15, 0.2) is 0 Å². The summed E-state index contributed by atoms with van der Waals surface area (Å²) in [6.07, 6.45) is 4.42. The highest BCUT2D eigenvalue weighted by Gasteiger charge is 2.22. The fourth-order valence-electron chi connectivity index (χ4n) is 4.26. The third-order valence-electron chi connectivity index (χ3n) is 5.95. The SMILES string of the molecule is O=C(CN1CCN(Cc2ccsc2)CC1)Nc1ccccc1C(=O)NC1CCCC1. The molecule has 2 heterocycles. The van der Waals surface area contributed by atoms with Crippen molar-refractivity contribution in [2.45, 2.75) is 38.3 Å². The average molecular weight is 427 g/mol. The normalized spacial score (nSPS) is 18.4. The summed E-state index contributed by atoms with van der Waals surface area (Å²) in [5.41, 5.74) is 2.49. The Bertz CT molecular complexity index is 841. The molecule has 0 spiro atoms. The van der Waals surface area contributed by atoms with E-state index in [0.717, 1.165) is 45.6 Å². The summed E-state index contributed by atoms with van der Waals surface area (Å²) in [5.74, 6) is -0.165. The fourth-order valence-corrected chi connectivity index (χ4v) is 4.92. The summed E-state index contributed by atoms with van der Waals surface area (Å²) in [6, 6.07) is 9.71. The Kier molecular flexibility index (Phi) is 7.15. The zero-order valence-corrected chi connectivity index (χ0v) is 18.1. The molecule has 160 valence electrons. The Hall–Kier alpha value is -2.22. The van der Waals surface area contributed by atoms with Gasteiger partial charge in [0.05, 0.1) is 17.8 Å². The van der Waals surface area contributed by atoms with Crippen LogP contribution in [0.4, 0.5) is 5.69 Å². The van der Waals surface area contributed by atoms with Gasteiger partial charge in [-0.15, -0.1) is 0 Å². The minimum absolute atomic E-state index is 0.0672. The van der Waals surface area contributed by atoms with Crippen molar-refractivity contribution in [3.05, 3.63) is 52.2 Å². The maximum atomic E-state index is 12.7. The lowest BCUT2D eigenvalue weighted by Crippen LogP contribution is -2.48. The first kappa shape index (κ1) is 21.0. The number of thiophene rings is 1. The maximum Gasteiger partial charge on any atom is 0.253 e. The van der Waals surface area contributed by atoms with Crippen molar-refractivity contribution in [1.82, 2.24) is 15.1 Å². The molecule has 0 unspecified atom stereocenters. The van der Waals surface area contributed by atoms with Gasteiger partial charge in [0, 0.05) is 38.8 Å². The monoisotopic (exact) mass is 426 g/mol. The van der Waals surface area contributed by atoms with E-state index in [-0.39, 0.29) is 17.9 Å². The lowest BCUT2D eigenvalue weighted by molar-refractivity contribution is -0.117. The molecule has 1 saturated carbocycles. The summed E-state index contributed by atoms with van der Waals surface area (Å²) in [5, 5.41) is 10.4. The number of para-hydroxylation sites is 1. The first-order valence-electron chi connectivity index (χ1n) is 10.8. The Labute approximate surface area is 182 Å². The topological polar surface area (TPSA) is 64.7 Å². The van der Waals surface area contributed by atoms with E-state index in [1.807, 2.05) is 12.1 Å². The van der Waals surface area contributed by atoms with Crippen LogP contribution in [0.25, 0.3) is 0 Å². The Morgan fingerprint density at radius 3 is 2.47 bits per heavy atom. The third-order valence-corrected chi connectivity index (χ3v) is 6.69. The van der Waals surface area contributed by atoms with E-state index in [2.05, 4.69) is 37.3 Å². The van der Waals surface area contributed by atoms with Gasteiger partial charge in [0.1, 0.15) is 0 Å². The average Bonchev–Trinajstić information content (AvgIpc) is 3.44. The van der Waals surface area contributed by atoms with Gasteiger partial charge in [-0.2, -0.15) is 11.3 Å². The fraction of sp³-hybridized carbons (Fsp3) is 0.478. The van der Waals surface area contributed by atoms with Crippen LogP contribution in [0.3, 0.4) is 0 Å². The predicted octanol–water partition coefficient (Wildman–Crippen LogP) is 3.18. The van der Waals surface area contributed by atoms with Crippen LogP contribution in [0.1, 0.15) is 41.6 Å². The highest BCUT2D eigenvalue weighted by molar-refractivity contribution is 7.07. The van der Waals surface area contributed by atoms with Gasteiger partial charge in [-0.05, 0) is 47.4 Å². The highest BCUT2D eigenvalue weighted by Crippen LogP contribution is 2.20. The molecule has 1 aliphatic carbocycles. The molecule has 2 amide bonds. The standard InChI is InChI=1S/C23H30N4O2S/c28-22(16-27-12-10-26(11-13-27)15-18-9-14-30-17-18)25-21-8-4-3-7-20(21)23(29)24-19-5-1-2-6-19/h3-4,7-9,14,17,19H,1-2,5-6,10-13,15-16H2,(H,24,29)(H,25,28). The molecule has 2 aliphatic rings. The van der Waals surface area contributed by atoms with Crippen molar-refractivity contribution in [2.24, 2.45) is 0 Å². The van der Waals surface area contributed by atoms with Crippen LogP contribution in [-0.4, -0.2) is 60.4 Å². The lowest BCUT2D eigenvalue weighted by atomic mass is 10.1. The molecule has 2 fully saturated rings. The molecule has 2 N–H and O–H groups in total. The van der Waals surface area contributed by atoms with E-state index in [1.54, 1.807) is 23.5 Å². The molecule has 0 bridgehead atoms. The van der Waals surface area contributed by atoms with Crippen molar-refractivity contribution < 1.29 is 9.59 Å². The molecule has 1 saturated heterocycles. The summed E-state index contributed by atoms with van der Waals surface area (Å²) >= 11 is 1.73. The molecule has 1 aliphatic heterocycles. The second-order valence-corrected chi connectivity index (χ2v) is 9.01. The molecular weight excluding hydrogens is 396 g/mol. The number of carbonyl (C=O) groups excluding carboxylic acids is 2. The molecule has 30 heavy (non-hydrogen) atoms. The van der Waals surface area contributed by atoms with Crippen LogP contribution < -0.4 is 10.6 Å². The molecule has 7 heteroatoms. The number of piperazine rings is 1. The van der Waals surface area contributed by atoms with Gasteiger partial charge in [0.2, 0.25) is 5.91 Å². The van der Waals surface area contributed by atoms with E-state index in [9.17, 15) is 9.59 Å². The molecule has 2 aromatic rings. The zero-order valence-electron chi connectivity index (χ0n) is 17.3. The molecule has 1 aromatic carbocycles. The van der Waals surface area contributed by atoms with E-state index >= 15 is 0 Å². The van der Waals surface area contributed by atoms with Crippen LogP contribution in [0, 0.1) is 0 Å². The van der Waals surface area contributed by atoms with Gasteiger partial charge in [0.25, 0.3) is 5.91 Å². The van der Waals surface area contributed by atoms with E-state index < -0.39 is 0 Å². The van der Waals surface area contributed by atoms with Crippen LogP contribution in [-0.2, 0) is 11.3 Å². The van der Waals surface area contributed by atoms with Gasteiger partial charge in [-0.25, -0.2) is 0 Å². The van der Waals surface area contributed by atoms with Gasteiger partial charge >= 0.3 is 0 Å². The number of hydrogen-bond acceptors (Lipinski definition) is 5. The third kappa shape index (κ3) is 5.68. The van der Waals surface area contributed by atoms with Crippen molar-refractivity contribution in [3.8, 4) is 0 Å². The predicted molar refractivity (Wildman–Crippen MR) is 121 cm³/mol. The Morgan fingerprint density at radius 1 is 1.00 bits per heavy atom. The van der Waals surface area contributed by atoms with Gasteiger partial charge in [-0.3, -0.25) is 19.4 Å². The smallest absolute Gasteiger partial charge is 0.253 e. The number of hydrogen-bond donors (Lipinski definition) is 2. The summed E-state index contributed by atoms with van der Waals surface area (Å²) in [4.78, 5) is 29.9. The summed E-state index contributed by atoms with van der Waals surface area (Å²) < 4.78 is 0. The minimum Gasteiger partial charge on any atom is -0.349 e. The number of nitrogens with zero attached hydrogens (tertiary/aromatic N) is 2. The number of carbonyl (C=O) groups is 2. The molecule has 1 aromatic heterocycles. The van der Waals surface area contributed by atoms with Crippen LogP contribution in [0.2, 0.25) is 0 Å². The molecule has 4 rings (SSSR count). The largest absolute Gasteiger partial charge is 0.349 e. The van der Waals surface area contributed by atoms with Crippen LogP contribution >= 0.6 is 11.3 Å². The number of benzene rings is 1. The minimum atomic E-state index is -0.0974. The Morgan fingerprint density at radius 2 is 1.73 bits per heavy atom. The molecule has 0 atom stereocenters. The molecule has 0 radical (unpaired) electrons. The second kappa shape index (κ2) is 10.2. The van der Waals surface area contributed by atoms with E-state index in [4.69, 9.17) is 0 Å². The van der Waals surface area contributed by atoms with Crippen molar-refractivity contribution in [1.29, 1.82) is 0 Å². The van der Waals surface area contributed by atoms with Gasteiger partial charge < -0.3 is 10.6 Å². The van der Waals surface area contributed by atoms with Crippen LogP contribution in [0.15, 0.2) is 41.1 Å². The van der Waals surface area contributed by atoms with Crippen molar-refractivity contribution >= 4 is 28.8 Å². The number of amides is 2.